The van der Waals surface area contributed by atoms with Gasteiger partial charge in [0.15, 0.2) is 0 Å². The summed E-state index contributed by atoms with van der Waals surface area (Å²) in [6.45, 7) is 0.734. The summed E-state index contributed by atoms with van der Waals surface area (Å²) in [6.07, 6.45) is 9.34. The van der Waals surface area contributed by atoms with E-state index in [4.69, 9.17) is 0 Å². The van der Waals surface area contributed by atoms with Gasteiger partial charge in [-0.2, -0.15) is 4.99 Å². The molecule has 1 unspecified atom stereocenters. The topological polar surface area (TPSA) is 103 Å². The number of hydrogen-bond donors (Lipinski definition) is 1. The lowest BCUT2D eigenvalue weighted by atomic mass is 9.93. The molecule has 4 amide bonds. The fourth-order valence-corrected chi connectivity index (χ4v) is 3.68. The zero-order chi connectivity index (χ0) is 19.0. The van der Waals surface area contributed by atoms with E-state index in [0.717, 1.165) is 0 Å². The summed E-state index contributed by atoms with van der Waals surface area (Å²) in [7, 11) is 0. The van der Waals surface area contributed by atoms with E-state index in [0.29, 0.717) is 31.6 Å². The molecular weight excluding hydrogens is 348 g/mol. The van der Waals surface area contributed by atoms with Crippen LogP contribution in [-0.2, 0) is 4.79 Å². The number of rotatable bonds is 2. The number of imide groups is 1. The molecule has 3 aliphatic rings. The second-order valence-corrected chi connectivity index (χ2v) is 6.69. The first kappa shape index (κ1) is 17.1. The largest absolute Gasteiger partial charge is 0.350 e. The minimum absolute atomic E-state index is 0.0921. The SMILES string of the molecule is O=C(c1ccc[nH]c1=O)N1CCC(N2C(=O)N=C3C=CC=CC3C2=O)CC1. The Balaban J connectivity index is 1.47. The summed E-state index contributed by atoms with van der Waals surface area (Å²) in [4.78, 5) is 58.8. The Morgan fingerprint density at radius 2 is 1.93 bits per heavy atom. The lowest BCUT2D eigenvalue weighted by molar-refractivity contribution is -0.131. The van der Waals surface area contributed by atoms with E-state index in [1.54, 1.807) is 35.3 Å². The molecule has 1 aromatic heterocycles. The molecule has 1 saturated heterocycles. The Hall–Kier alpha value is -3.29. The van der Waals surface area contributed by atoms with Crippen LogP contribution in [0.4, 0.5) is 4.79 Å². The first-order chi connectivity index (χ1) is 13.1. The number of aromatic nitrogens is 1. The van der Waals surface area contributed by atoms with Gasteiger partial charge in [0.2, 0.25) is 5.91 Å². The predicted octanol–water partition coefficient (Wildman–Crippen LogP) is 1.12. The van der Waals surface area contributed by atoms with E-state index in [2.05, 4.69) is 9.98 Å². The Morgan fingerprint density at radius 1 is 1.15 bits per heavy atom. The summed E-state index contributed by atoms with van der Waals surface area (Å²) in [5.41, 5.74) is 0.138. The Morgan fingerprint density at radius 3 is 2.67 bits per heavy atom. The lowest BCUT2D eigenvalue weighted by Gasteiger charge is -2.39. The average molecular weight is 366 g/mol. The zero-order valence-electron chi connectivity index (χ0n) is 14.5. The Labute approximate surface area is 154 Å². The molecule has 1 atom stereocenters. The van der Waals surface area contributed by atoms with Crippen LogP contribution in [0.5, 0.6) is 0 Å². The summed E-state index contributed by atoms with van der Waals surface area (Å²) < 4.78 is 0. The maximum atomic E-state index is 12.8. The number of carbonyl (C=O) groups excluding carboxylic acids is 3. The Bertz CT molecular complexity index is 950. The number of urea groups is 1. The van der Waals surface area contributed by atoms with Crippen LogP contribution in [-0.4, -0.2) is 57.5 Å². The molecule has 0 aromatic carbocycles. The van der Waals surface area contributed by atoms with Gasteiger partial charge in [-0.05, 0) is 31.1 Å². The fourth-order valence-electron chi connectivity index (χ4n) is 3.68. The van der Waals surface area contributed by atoms with Gasteiger partial charge in [0.05, 0.1) is 11.6 Å². The van der Waals surface area contributed by atoms with E-state index in [-0.39, 0.29) is 23.4 Å². The van der Waals surface area contributed by atoms with Crippen LogP contribution >= 0.6 is 0 Å². The number of aromatic amines is 1. The van der Waals surface area contributed by atoms with Crippen LogP contribution in [0, 0.1) is 5.92 Å². The number of hydrogen-bond acceptors (Lipinski definition) is 4. The van der Waals surface area contributed by atoms with E-state index in [1.165, 1.54) is 17.2 Å². The maximum absolute atomic E-state index is 12.8. The molecule has 1 aliphatic carbocycles. The molecule has 2 aliphatic heterocycles. The van der Waals surface area contributed by atoms with E-state index in [9.17, 15) is 19.2 Å². The van der Waals surface area contributed by atoms with Crippen molar-refractivity contribution in [3.8, 4) is 0 Å². The van der Waals surface area contributed by atoms with Gasteiger partial charge < -0.3 is 9.88 Å². The second-order valence-electron chi connectivity index (χ2n) is 6.69. The highest BCUT2D eigenvalue weighted by molar-refractivity contribution is 6.21. The predicted molar refractivity (Wildman–Crippen MR) is 97.4 cm³/mol. The number of H-pyrrole nitrogens is 1. The van der Waals surface area contributed by atoms with Crippen molar-refractivity contribution in [3.63, 3.8) is 0 Å². The molecule has 1 N–H and O–H groups in total. The number of carbonyl (C=O) groups is 3. The standard InChI is InChI=1S/C19H18N4O4/c24-16-14(5-3-9-20-16)17(25)22-10-7-12(8-11-22)23-18(26)13-4-1-2-6-15(13)21-19(23)27/h1-6,9,12-13H,7-8,10-11H2,(H,20,24). The summed E-state index contributed by atoms with van der Waals surface area (Å²) >= 11 is 0. The van der Waals surface area contributed by atoms with Crippen LogP contribution < -0.4 is 5.56 Å². The van der Waals surface area contributed by atoms with Gasteiger partial charge >= 0.3 is 6.03 Å². The third-order valence-electron chi connectivity index (χ3n) is 5.10. The van der Waals surface area contributed by atoms with Crippen molar-refractivity contribution < 1.29 is 14.4 Å². The van der Waals surface area contributed by atoms with Gasteiger partial charge in [-0.3, -0.25) is 19.3 Å². The van der Waals surface area contributed by atoms with Crippen LogP contribution in [0.15, 0.2) is 52.4 Å². The number of allylic oxidation sites excluding steroid dienone is 3. The first-order valence-electron chi connectivity index (χ1n) is 8.84. The van der Waals surface area contributed by atoms with Crippen LogP contribution in [0.2, 0.25) is 0 Å². The normalized spacial score (nSPS) is 22.7. The molecule has 1 fully saturated rings. The Kier molecular flexibility index (Phi) is 4.31. The molecule has 0 spiro atoms. The molecular formula is C19H18N4O4. The zero-order valence-corrected chi connectivity index (χ0v) is 14.5. The van der Waals surface area contributed by atoms with Crippen LogP contribution in [0.25, 0.3) is 0 Å². The molecule has 27 heavy (non-hydrogen) atoms. The van der Waals surface area contributed by atoms with Gasteiger partial charge in [-0.25, -0.2) is 4.79 Å². The molecule has 0 radical (unpaired) electrons. The number of nitrogens with zero attached hydrogens (tertiary/aromatic N) is 3. The molecule has 138 valence electrons. The van der Waals surface area contributed by atoms with E-state index in [1.807, 2.05) is 0 Å². The average Bonchev–Trinajstić information content (AvgIpc) is 2.68. The quantitative estimate of drug-likeness (QED) is 0.847. The van der Waals surface area contributed by atoms with Crippen molar-refractivity contribution in [3.05, 3.63) is 58.6 Å². The molecule has 0 saturated carbocycles. The highest BCUT2D eigenvalue weighted by Crippen LogP contribution is 2.26. The number of fused-ring (bicyclic) bond motifs is 1. The summed E-state index contributed by atoms with van der Waals surface area (Å²) in [5, 5.41) is 0. The van der Waals surface area contributed by atoms with Crippen molar-refractivity contribution in [2.24, 2.45) is 10.9 Å². The number of aliphatic imine (C=N–C) groups is 1. The minimum Gasteiger partial charge on any atom is -0.338 e. The third kappa shape index (κ3) is 3.03. The van der Waals surface area contributed by atoms with Crippen molar-refractivity contribution in [2.45, 2.75) is 18.9 Å². The number of amides is 4. The third-order valence-corrected chi connectivity index (χ3v) is 5.10. The van der Waals surface area contributed by atoms with Gasteiger partial charge in [-0.1, -0.05) is 18.2 Å². The maximum Gasteiger partial charge on any atom is 0.350 e. The van der Waals surface area contributed by atoms with Gasteiger partial charge in [0, 0.05) is 25.3 Å². The molecule has 0 bridgehead atoms. The molecule has 8 heteroatoms. The van der Waals surface area contributed by atoms with Gasteiger partial charge in [0.1, 0.15) is 5.56 Å². The van der Waals surface area contributed by atoms with E-state index < -0.39 is 17.5 Å². The molecule has 1 aromatic rings. The van der Waals surface area contributed by atoms with E-state index >= 15 is 0 Å². The smallest absolute Gasteiger partial charge is 0.338 e. The summed E-state index contributed by atoms with van der Waals surface area (Å²) in [5.74, 6) is -1.13. The lowest BCUT2D eigenvalue weighted by Crippen LogP contribution is -2.54. The molecule has 4 rings (SSSR count). The van der Waals surface area contributed by atoms with Crippen molar-refractivity contribution in [1.29, 1.82) is 0 Å². The number of pyridine rings is 1. The van der Waals surface area contributed by atoms with Gasteiger partial charge in [0.25, 0.3) is 11.5 Å². The monoisotopic (exact) mass is 366 g/mol. The summed E-state index contributed by atoms with van der Waals surface area (Å²) in [6, 6.07) is 2.25. The second kappa shape index (κ2) is 6.79. The van der Waals surface area contributed by atoms with Crippen LogP contribution in [0.1, 0.15) is 23.2 Å². The highest BCUT2D eigenvalue weighted by atomic mass is 16.2. The van der Waals surface area contributed by atoms with Gasteiger partial charge in [-0.15, -0.1) is 0 Å². The number of nitrogens with one attached hydrogen (secondary N) is 1. The van der Waals surface area contributed by atoms with Crippen LogP contribution in [0.3, 0.4) is 0 Å². The van der Waals surface area contributed by atoms with Crippen molar-refractivity contribution >= 4 is 23.6 Å². The number of likely N-dealkylation sites (tertiary alicyclic amines) is 1. The first-order valence-corrected chi connectivity index (χ1v) is 8.84. The molecule has 8 nitrogen and oxygen atoms in total. The highest BCUT2D eigenvalue weighted by Gasteiger charge is 2.41. The van der Waals surface area contributed by atoms with Crippen molar-refractivity contribution in [1.82, 2.24) is 14.8 Å². The minimum atomic E-state index is -0.546. The molecule has 3 heterocycles. The number of piperidine rings is 1. The fraction of sp³-hybridized carbons (Fsp3) is 0.316. The van der Waals surface area contributed by atoms with Crippen molar-refractivity contribution in [2.75, 3.05) is 13.1 Å².